The molecule has 0 aromatic heterocycles. The highest BCUT2D eigenvalue weighted by atomic mass is 32.2. The number of amides is 2. The predicted octanol–water partition coefficient (Wildman–Crippen LogP) is 2.12. The van der Waals surface area contributed by atoms with Gasteiger partial charge in [0.15, 0.2) is 0 Å². The fraction of sp³-hybridized carbons (Fsp3) is 0.389. The van der Waals surface area contributed by atoms with Crippen molar-refractivity contribution in [3.8, 4) is 0 Å². The molecule has 2 heterocycles. The predicted molar refractivity (Wildman–Crippen MR) is 98.8 cm³/mol. The van der Waals surface area contributed by atoms with E-state index in [1.165, 1.54) is 14.0 Å². The number of anilines is 1. The van der Waals surface area contributed by atoms with Gasteiger partial charge in [0, 0.05) is 18.8 Å². The summed E-state index contributed by atoms with van der Waals surface area (Å²) in [6.07, 6.45) is 1.66. The number of hydrogen-bond acceptors (Lipinski definition) is 7. The van der Waals surface area contributed by atoms with Gasteiger partial charge in [-0.3, -0.25) is 14.5 Å². The van der Waals surface area contributed by atoms with Crippen molar-refractivity contribution in [3.05, 3.63) is 34.7 Å². The van der Waals surface area contributed by atoms with Crippen LogP contribution in [-0.2, 0) is 19.1 Å². The van der Waals surface area contributed by atoms with Crippen LogP contribution < -0.4 is 4.90 Å². The number of morpholine rings is 1. The lowest BCUT2D eigenvalue weighted by atomic mass is 10.1. The standard InChI is InChI=1S/C18H20N2O5S/c1-12(17(22)24-2)20-16(21)15(26-18(20)23)11-13-3-5-14(6-4-13)19-7-9-25-10-8-19/h3-6,11-12H,7-10H2,1-2H3/b15-11+. The second-order valence-corrected chi connectivity index (χ2v) is 6.93. The molecule has 0 bridgehead atoms. The molecule has 1 unspecified atom stereocenters. The first-order valence-electron chi connectivity index (χ1n) is 8.29. The number of benzene rings is 1. The van der Waals surface area contributed by atoms with E-state index in [2.05, 4.69) is 9.64 Å². The van der Waals surface area contributed by atoms with Crippen LogP contribution >= 0.6 is 11.8 Å². The Balaban J connectivity index is 1.74. The molecule has 138 valence electrons. The van der Waals surface area contributed by atoms with E-state index in [9.17, 15) is 14.4 Å². The van der Waals surface area contributed by atoms with E-state index in [0.29, 0.717) is 18.1 Å². The molecule has 0 N–H and O–H groups in total. The monoisotopic (exact) mass is 376 g/mol. The van der Waals surface area contributed by atoms with Gasteiger partial charge in [-0.1, -0.05) is 12.1 Å². The Morgan fingerprint density at radius 2 is 1.88 bits per heavy atom. The Morgan fingerprint density at radius 3 is 2.50 bits per heavy atom. The molecule has 0 aliphatic carbocycles. The average Bonchev–Trinajstić information content (AvgIpc) is 2.95. The lowest BCUT2D eigenvalue weighted by Crippen LogP contribution is -2.42. The molecular formula is C18H20N2O5S. The summed E-state index contributed by atoms with van der Waals surface area (Å²) in [6, 6.07) is 6.84. The van der Waals surface area contributed by atoms with Crippen molar-refractivity contribution in [2.24, 2.45) is 0 Å². The number of carbonyl (C=O) groups is 3. The van der Waals surface area contributed by atoms with Gasteiger partial charge < -0.3 is 14.4 Å². The Labute approximate surface area is 155 Å². The van der Waals surface area contributed by atoms with Crippen LogP contribution in [0.25, 0.3) is 6.08 Å². The number of hydrogen-bond donors (Lipinski definition) is 0. The highest BCUT2D eigenvalue weighted by Gasteiger charge is 2.41. The van der Waals surface area contributed by atoms with Gasteiger partial charge in [-0.25, -0.2) is 4.79 Å². The normalized spacial score (nSPS) is 20.6. The lowest BCUT2D eigenvalue weighted by Gasteiger charge is -2.28. The van der Waals surface area contributed by atoms with Crippen LogP contribution in [0.3, 0.4) is 0 Å². The van der Waals surface area contributed by atoms with Gasteiger partial charge in [-0.05, 0) is 42.5 Å². The SMILES string of the molecule is COC(=O)C(C)N1C(=O)S/C(=C/c2ccc(N3CCOCC3)cc2)C1=O. The minimum absolute atomic E-state index is 0.296. The lowest BCUT2D eigenvalue weighted by molar-refractivity contribution is -0.148. The van der Waals surface area contributed by atoms with Crippen LogP contribution in [0.5, 0.6) is 0 Å². The maximum Gasteiger partial charge on any atom is 0.328 e. The molecule has 2 aliphatic rings. The van der Waals surface area contributed by atoms with E-state index in [-0.39, 0.29) is 0 Å². The molecule has 1 aromatic rings. The third kappa shape index (κ3) is 3.76. The van der Waals surface area contributed by atoms with Crippen molar-refractivity contribution in [3.63, 3.8) is 0 Å². The van der Waals surface area contributed by atoms with Crippen LogP contribution in [0.2, 0.25) is 0 Å². The summed E-state index contributed by atoms with van der Waals surface area (Å²) in [6.45, 7) is 4.61. The first-order chi connectivity index (χ1) is 12.5. The summed E-state index contributed by atoms with van der Waals surface area (Å²) in [5.41, 5.74) is 1.91. The zero-order valence-electron chi connectivity index (χ0n) is 14.6. The van der Waals surface area contributed by atoms with Crippen molar-refractivity contribution in [1.29, 1.82) is 0 Å². The van der Waals surface area contributed by atoms with Crippen molar-refractivity contribution in [2.45, 2.75) is 13.0 Å². The molecule has 2 amide bonds. The van der Waals surface area contributed by atoms with Crippen LogP contribution in [0.1, 0.15) is 12.5 Å². The highest BCUT2D eigenvalue weighted by molar-refractivity contribution is 8.18. The van der Waals surface area contributed by atoms with E-state index >= 15 is 0 Å². The van der Waals surface area contributed by atoms with E-state index in [1.54, 1.807) is 6.08 Å². The summed E-state index contributed by atoms with van der Waals surface area (Å²) in [4.78, 5) is 39.7. The molecule has 3 rings (SSSR count). The van der Waals surface area contributed by atoms with Crippen LogP contribution in [0.15, 0.2) is 29.2 Å². The Kier molecular flexibility index (Phi) is 5.63. The number of carbonyl (C=O) groups excluding carboxylic acids is 3. The molecule has 0 radical (unpaired) electrons. The molecule has 2 saturated heterocycles. The molecule has 2 aliphatic heterocycles. The largest absolute Gasteiger partial charge is 0.467 e. The summed E-state index contributed by atoms with van der Waals surface area (Å²) < 4.78 is 9.97. The minimum atomic E-state index is -0.943. The van der Waals surface area contributed by atoms with Crippen LogP contribution in [0, 0.1) is 0 Å². The second-order valence-electron chi connectivity index (χ2n) is 5.94. The molecule has 8 heteroatoms. The summed E-state index contributed by atoms with van der Waals surface area (Å²) >= 11 is 0.829. The van der Waals surface area contributed by atoms with E-state index in [0.717, 1.165) is 41.0 Å². The zero-order chi connectivity index (χ0) is 18.7. The van der Waals surface area contributed by atoms with Gasteiger partial charge in [-0.15, -0.1) is 0 Å². The molecule has 0 saturated carbocycles. The number of imide groups is 1. The van der Waals surface area contributed by atoms with E-state index in [1.807, 2.05) is 24.3 Å². The van der Waals surface area contributed by atoms with E-state index < -0.39 is 23.2 Å². The third-order valence-electron chi connectivity index (χ3n) is 4.32. The summed E-state index contributed by atoms with van der Waals surface area (Å²) in [7, 11) is 1.23. The number of nitrogens with zero attached hydrogens (tertiary/aromatic N) is 2. The van der Waals surface area contributed by atoms with Crippen LogP contribution in [-0.4, -0.2) is 61.5 Å². The highest BCUT2D eigenvalue weighted by Crippen LogP contribution is 2.34. The first kappa shape index (κ1) is 18.5. The van der Waals surface area contributed by atoms with Crippen LogP contribution in [0.4, 0.5) is 10.5 Å². The van der Waals surface area contributed by atoms with Crippen molar-refractivity contribution < 1.29 is 23.9 Å². The topological polar surface area (TPSA) is 76.2 Å². The maximum absolute atomic E-state index is 12.5. The Hall–Kier alpha value is -2.32. The maximum atomic E-state index is 12.5. The van der Waals surface area contributed by atoms with Gasteiger partial charge in [-0.2, -0.15) is 0 Å². The molecule has 1 atom stereocenters. The van der Waals surface area contributed by atoms with Gasteiger partial charge in [0.05, 0.1) is 25.2 Å². The number of methoxy groups -OCH3 is 1. The van der Waals surface area contributed by atoms with Crippen molar-refractivity contribution in [1.82, 2.24) is 4.90 Å². The van der Waals surface area contributed by atoms with Crippen molar-refractivity contribution in [2.75, 3.05) is 38.3 Å². The molecule has 26 heavy (non-hydrogen) atoms. The fourth-order valence-electron chi connectivity index (χ4n) is 2.84. The zero-order valence-corrected chi connectivity index (χ0v) is 15.5. The molecule has 1 aromatic carbocycles. The third-order valence-corrected chi connectivity index (χ3v) is 5.20. The van der Waals surface area contributed by atoms with Gasteiger partial charge in [0.2, 0.25) is 0 Å². The van der Waals surface area contributed by atoms with Gasteiger partial charge >= 0.3 is 5.97 Å². The summed E-state index contributed by atoms with van der Waals surface area (Å²) in [5.74, 6) is -1.10. The molecule has 7 nitrogen and oxygen atoms in total. The quantitative estimate of drug-likeness (QED) is 0.588. The second kappa shape index (κ2) is 7.92. The van der Waals surface area contributed by atoms with Gasteiger partial charge in [0.25, 0.3) is 11.1 Å². The first-order valence-corrected chi connectivity index (χ1v) is 9.10. The smallest absolute Gasteiger partial charge is 0.328 e. The molecule has 0 spiro atoms. The summed E-state index contributed by atoms with van der Waals surface area (Å²) in [5, 5.41) is -0.468. The van der Waals surface area contributed by atoms with Crippen molar-refractivity contribution >= 4 is 40.6 Å². The number of thioether (sulfide) groups is 1. The Morgan fingerprint density at radius 1 is 1.23 bits per heavy atom. The van der Waals surface area contributed by atoms with Gasteiger partial charge in [0.1, 0.15) is 6.04 Å². The average molecular weight is 376 g/mol. The number of esters is 1. The minimum Gasteiger partial charge on any atom is -0.467 e. The fourth-order valence-corrected chi connectivity index (χ4v) is 3.75. The number of rotatable bonds is 4. The molecular weight excluding hydrogens is 356 g/mol. The number of ether oxygens (including phenoxy) is 2. The Bertz CT molecular complexity index is 740. The molecule has 2 fully saturated rings. The van der Waals surface area contributed by atoms with E-state index in [4.69, 9.17) is 4.74 Å².